The smallest absolute Gasteiger partial charge is 0.185 e. The van der Waals surface area contributed by atoms with Crippen LogP contribution in [0.15, 0.2) is 16.1 Å². The maximum Gasteiger partial charge on any atom is 0.185 e. The Balaban J connectivity index is 1.66. The maximum atomic E-state index is 13.3. The first-order valence-corrected chi connectivity index (χ1v) is 11.7. The fourth-order valence-electron chi connectivity index (χ4n) is 7.94. The van der Waals surface area contributed by atoms with Gasteiger partial charge in [0.25, 0.3) is 0 Å². The quantitative estimate of drug-likeness (QED) is 0.345. The van der Waals surface area contributed by atoms with E-state index in [4.69, 9.17) is 11.5 Å². The highest BCUT2D eigenvalue weighted by Crippen LogP contribution is 2.75. The predicted octanol–water partition coefficient (Wildman–Crippen LogP) is 3.55. The molecule has 4 aliphatic carbocycles. The number of nitrogens with zero attached hydrogens (tertiary/aromatic N) is 1. The van der Waals surface area contributed by atoms with Crippen molar-refractivity contribution in [2.45, 2.75) is 78.1 Å². The molecule has 29 heavy (non-hydrogen) atoms. The minimum Gasteiger partial charge on any atom is -0.396 e. The lowest BCUT2D eigenvalue weighted by Crippen LogP contribution is -2.53. The fourth-order valence-corrected chi connectivity index (χ4v) is 7.94. The van der Waals surface area contributed by atoms with Gasteiger partial charge in [-0.25, -0.2) is 0 Å². The van der Waals surface area contributed by atoms with Crippen molar-refractivity contribution in [2.75, 3.05) is 13.2 Å². The Kier molecular flexibility index (Phi) is 5.56. The largest absolute Gasteiger partial charge is 0.396 e. The van der Waals surface area contributed by atoms with Crippen molar-refractivity contribution in [1.82, 2.24) is 0 Å². The molecule has 5 nitrogen and oxygen atoms in total. The Hall–Kier alpha value is -1.36. The Labute approximate surface area is 175 Å². The predicted molar refractivity (Wildman–Crippen MR) is 116 cm³/mol. The van der Waals surface area contributed by atoms with Crippen molar-refractivity contribution < 1.29 is 9.90 Å². The van der Waals surface area contributed by atoms with Crippen LogP contribution in [0.25, 0.3) is 0 Å². The summed E-state index contributed by atoms with van der Waals surface area (Å²) in [6.45, 7) is 5.77. The van der Waals surface area contributed by atoms with Crippen LogP contribution in [0.3, 0.4) is 0 Å². The average molecular weight is 402 g/mol. The van der Waals surface area contributed by atoms with E-state index in [0.29, 0.717) is 42.4 Å². The number of hydrogen-bond donors (Lipinski definition) is 3. The van der Waals surface area contributed by atoms with Gasteiger partial charge in [0.1, 0.15) is 0 Å². The monoisotopic (exact) mass is 401 g/mol. The van der Waals surface area contributed by atoms with Crippen LogP contribution in [0.4, 0.5) is 0 Å². The molecule has 0 aliphatic heterocycles. The van der Waals surface area contributed by atoms with E-state index in [0.717, 1.165) is 37.7 Å². The summed E-state index contributed by atoms with van der Waals surface area (Å²) in [5, 5.41) is 10.3. The molecule has 0 heterocycles. The Morgan fingerprint density at radius 2 is 1.93 bits per heavy atom. The molecule has 0 amide bonds. The lowest BCUT2D eigenvalue weighted by molar-refractivity contribution is -0.126. The molecule has 0 unspecified atom stereocenters. The third kappa shape index (κ3) is 3.15. The zero-order valence-corrected chi connectivity index (χ0v) is 18.3. The molecule has 0 aromatic heterocycles. The summed E-state index contributed by atoms with van der Waals surface area (Å²) in [6.07, 6.45) is 10.8. The topological polar surface area (TPSA) is 102 Å². The van der Waals surface area contributed by atoms with E-state index in [1.807, 2.05) is 0 Å². The highest BCUT2D eigenvalue weighted by atomic mass is 16.3. The van der Waals surface area contributed by atoms with Crippen LogP contribution in [0.2, 0.25) is 0 Å². The van der Waals surface area contributed by atoms with E-state index in [1.54, 1.807) is 0 Å². The average Bonchev–Trinajstić information content (AvgIpc) is 3.29. The number of carbonyl (C=O) groups is 1. The Morgan fingerprint density at radius 1 is 1.21 bits per heavy atom. The van der Waals surface area contributed by atoms with E-state index in [9.17, 15) is 9.90 Å². The van der Waals surface area contributed by atoms with E-state index in [2.05, 4.69) is 18.8 Å². The lowest BCUT2D eigenvalue weighted by atomic mass is 9.47. The van der Waals surface area contributed by atoms with Gasteiger partial charge in [-0.3, -0.25) is 9.79 Å². The van der Waals surface area contributed by atoms with Gasteiger partial charge in [0.05, 0.1) is 0 Å². The number of fused-ring (bicyclic) bond motifs is 1. The highest BCUT2D eigenvalue weighted by molar-refractivity contribution is 6.00. The molecule has 4 rings (SSSR count). The Morgan fingerprint density at radius 3 is 2.59 bits per heavy atom. The van der Waals surface area contributed by atoms with Gasteiger partial charge in [-0.1, -0.05) is 45.1 Å². The van der Waals surface area contributed by atoms with E-state index in [-0.39, 0.29) is 23.4 Å². The summed E-state index contributed by atoms with van der Waals surface area (Å²) in [7, 11) is 0. The van der Waals surface area contributed by atoms with Crippen LogP contribution in [-0.4, -0.2) is 30.0 Å². The van der Waals surface area contributed by atoms with Crippen LogP contribution in [0.1, 0.15) is 78.1 Å². The van der Waals surface area contributed by atoms with Gasteiger partial charge in [-0.05, 0) is 66.8 Å². The number of aliphatic imine (C=N–C) groups is 1. The first kappa shape index (κ1) is 20.9. The van der Waals surface area contributed by atoms with Gasteiger partial charge in [0.2, 0.25) is 0 Å². The highest BCUT2D eigenvalue weighted by Gasteiger charge is 2.69. The third-order valence-electron chi connectivity index (χ3n) is 9.24. The first-order valence-electron chi connectivity index (χ1n) is 11.7. The molecule has 5 N–H and O–H groups in total. The number of hydrogen-bond acceptors (Lipinski definition) is 3. The van der Waals surface area contributed by atoms with Gasteiger partial charge in [-0.15, -0.1) is 0 Å². The SMILES string of the molecule is CC1(C)[C@H]2CC3=C(CCCCN=C(N)N)C(=O)C[C@]31[C@H](C1CCCC1)[C@@H](CO)C2. The summed E-state index contributed by atoms with van der Waals surface area (Å²) < 4.78 is 0. The fraction of sp³-hybridized carbons (Fsp3) is 0.833. The minimum absolute atomic E-state index is 0.00935. The number of Topliss-reactive ketones (excluding diaryl/α,β-unsaturated/α-hetero) is 1. The van der Waals surface area contributed by atoms with Gasteiger partial charge in [0.15, 0.2) is 11.7 Å². The molecule has 162 valence electrons. The summed E-state index contributed by atoms with van der Waals surface area (Å²) >= 11 is 0. The minimum atomic E-state index is -0.00935. The second-order valence-corrected chi connectivity index (χ2v) is 10.7. The number of carbonyl (C=O) groups excluding carboxylic acids is 1. The molecule has 0 aromatic carbocycles. The zero-order chi connectivity index (χ0) is 20.8. The zero-order valence-electron chi connectivity index (χ0n) is 18.3. The Bertz CT molecular complexity index is 716. The molecule has 2 bridgehead atoms. The van der Waals surface area contributed by atoms with Crippen molar-refractivity contribution in [3.8, 4) is 0 Å². The standard InChI is InChI=1S/C24H39N3O2/c1-23(2)17-11-16(14-28)21(15-7-3-4-8-15)24(23)13-20(29)18(19(24)12-17)9-5-6-10-27-22(25)26/h15-17,21,28H,3-14H2,1-2H3,(H4,25,26,27)/t16-,17-,21-,24-/m1/s1. The van der Waals surface area contributed by atoms with E-state index >= 15 is 0 Å². The van der Waals surface area contributed by atoms with E-state index < -0.39 is 0 Å². The molecule has 3 saturated carbocycles. The maximum absolute atomic E-state index is 13.3. The van der Waals surface area contributed by atoms with Crippen molar-refractivity contribution in [2.24, 2.45) is 51.0 Å². The van der Waals surface area contributed by atoms with Crippen molar-refractivity contribution in [3.63, 3.8) is 0 Å². The first-order chi connectivity index (χ1) is 13.8. The molecule has 5 heteroatoms. The second kappa shape index (κ2) is 7.72. The number of rotatable bonds is 7. The number of aliphatic hydroxyl groups excluding tert-OH is 1. The number of aliphatic hydroxyl groups is 1. The number of unbranched alkanes of at least 4 members (excludes halogenated alkanes) is 1. The molecule has 3 fully saturated rings. The summed E-state index contributed by atoms with van der Waals surface area (Å²) in [5.74, 6) is 2.63. The summed E-state index contributed by atoms with van der Waals surface area (Å²) in [6, 6.07) is 0. The van der Waals surface area contributed by atoms with Crippen molar-refractivity contribution in [1.29, 1.82) is 0 Å². The number of ketones is 1. The molecule has 0 aromatic rings. The molecule has 4 atom stereocenters. The molecule has 0 radical (unpaired) electrons. The van der Waals surface area contributed by atoms with Crippen LogP contribution in [-0.2, 0) is 4.79 Å². The number of nitrogens with two attached hydrogens (primary N) is 2. The number of guanidine groups is 1. The summed E-state index contributed by atoms with van der Waals surface area (Å²) in [4.78, 5) is 17.4. The van der Waals surface area contributed by atoms with Crippen LogP contribution < -0.4 is 11.5 Å². The second-order valence-electron chi connectivity index (χ2n) is 10.7. The molecular weight excluding hydrogens is 362 g/mol. The van der Waals surface area contributed by atoms with Gasteiger partial charge in [-0.2, -0.15) is 0 Å². The van der Waals surface area contributed by atoms with E-state index in [1.165, 1.54) is 31.3 Å². The third-order valence-corrected chi connectivity index (χ3v) is 9.24. The molecular formula is C24H39N3O2. The van der Waals surface area contributed by atoms with Crippen LogP contribution >= 0.6 is 0 Å². The normalized spacial score (nSPS) is 36.0. The molecule has 1 spiro atoms. The van der Waals surface area contributed by atoms with Gasteiger partial charge >= 0.3 is 0 Å². The van der Waals surface area contributed by atoms with Crippen LogP contribution in [0.5, 0.6) is 0 Å². The molecule has 0 saturated heterocycles. The molecule has 4 aliphatic rings. The van der Waals surface area contributed by atoms with Gasteiger partial charge in [0, 0.05) is 25.0 Å². The van der Waals surface area contributed by atoms with Crippen molar-refractivity contribution >= 4 is 11.7 Å². The summed E-state index contributed by atoms with van der Waals surface area (Å²) in [5.41, 5.74) is 13.6. The van der Waals surface area contributed by atoms with Crippen LogP contribution in [0, 0.1) is 34.5 Å². The lowest BCUT2D eigenvalue weighted by Gasteiger charge is -2.57. The van der Waals surface area contributed by atoms with Crippen molar-refractivity contribution in [3.05, 3.63) is 11.1 Å². The van der Waals surface area contributed by atoms with Gasteiger partial charge < -0.3 is 16.6 Å². The number of allylic oxidation sites excluding steroid dienone is 2.